The van der Waals surface area contributed by atoms with Crippen molar-refractivity contribution in [1.29, 1.82) is 0 Å². The van der Waals surface area contributed by atoms with Crippen LogP contribution in [0.2, 0.25) is 0 Å². The molecule has 1 aromatic carbocycles. The summed E-state index contributed by atoms with van der Waals surface area (Å²) in [5.41, 5.74) is 1.53. The van der Waals surface area contributed by atoms with Crippen molar-refractivity contribution in [3.8, 4) is 5.75 Å². The molecule has 0 aliphatic heterocycles. The fourth-order valence-electron chi connectivity index (χ4n) is 2.92. The summed E-state index contributed by atoms with van der Waals surface area (Å²) in [5.74, 6) is 1.72. The summed E-state index contributed by atoms with van der Waals surface area (Å²) >= 11 is 0. The fourth-order valence-corrected chi connectivity index (χ4v) is 2.92. The number of hydrogen-bond donors (Lipinski definition) is 1. The van der Waals surface area contributed by atoms with E-state index in [-0.39, 0.29) is 11.9 Å². The highest BCUT2D eigenvalue weighted by Gasteiger charge is 2.21. The first-order valence-corrected chi connectivity index (χ1v) is 10.5. The SMILES string of the molecule is CCOc1ccc(CN(Cc2nc(C(=O)N[C@H](C)CC)co2)[C@H](C)C(C)C)cc1. The maximum atomic E-state index is 12.3. The molecule has 1 amide bonds. The predicted octanol–water partition coefficient (Wildman–Crippen LogP) is 4.65. The molecule has 0 radical (unpaired) electrons. The average molecular weight is 402 g/mol. The van der Waals surface area contributed by atoms with E-state index in [1.165, 1.54) is 11.8 Å². The minimum Gasteiger partial charge on any atom is -0.494 e. The van der Waals surface area contributed by atoms with Crippen LogP contribution in [0.1, 0.15) is 69.9 Å². The maximum Gasteiger partial charge on any atom is 0.273 e. The maximum absolute atomic E-state index is 12.3. The number of hydrogen-bond acceptors (Lipinski definition) is 5. The number of amides is 1. The summed E-state index contributed by atoms with van der Waals surface area (Å²) in [6.07, 6.45) is 2.32. The van der Waals surface area contributed by atoms with Crippen molar-refractivity contribution in [2.75, 3.05) is 6.61 Å². The Kier molecular flexibility index (Phi) is 8.70. The van der Waals surface area contributed by atoms with Crippen LogP contribution in [0.25, 0.3) is 0 Å². The smallest absolute Gasteiger partial charge is 0.273 e. The zero-order valence-corrected chi connectivity index (χ0v) is 18.6. The van der Waals surface area contributed by atoms with Gasteiger partial charge in [-0.25, -0.2) is 4.98 Å². The molecular weight excluding hydrogens is 366 g/mol. The van der Waals surface area contributed by atoms with Crippen molar-refractivity contribution < 1.29 is 13.9 Å². The molecule has 0 bridgehead atoms. The number of carbonyl (C=O) groups is 1. The Labute approximate surface area is 174 Å². The Balaban J connectivity index is 2.10. The molecule has 6 heteroatoms. The van der Waals surface area contributed by atoms with Crippen molar-refractivity contribution in [2.45, 2.75) is 73.1 Å². The summed E-state index contributed by atoms with van der Waals surface area (Å²) < 4.78 is 11.1. The van der Waals surface area contributed by atoms with E-state index in [1.807, 2.05) is 32.9 Å². The standard InChI is InChI=1S/C23H35N3O3/c1-7-17(5)24-23(27)21-15-29-22(25-21)14-26(18(6)16(3)4)13-19-9-11-20(12-10-19)28-8-2/h9-12,15-18H,7-8,13-14H2,1-6H3,(H,24,27)/t17-,18-/m1/s1. The summed E-state index contributed by atoms with van der Waals surface area (Å²) in [5, 5.41) is 2.92. The largest absolute Gasteiger partial charge is 0.494 e. The normalized spacial score (nSPS) is 13.5. The molecule has 0 unspecified atom stereocenters. The summed E-state index contributed by atoms with van der Waals surface area (Å²) in [6, 6.07) is 8.61. The lowest BCUT2D eigenvalue weighted by Gasteiger charge is -2.30. The number of nitrogens with zero attached hydrogens (tertiary/aromatic N) is 2. The van der Waals surface area contributed by atoms with Crippen molar-refractivity contribution in [2.24, 2.45) is 5.92 Å². The van der Waals surface area contributed by atoms with Gasteiger partial charge in [-0.2, -0.15) is 0 Å². The molecule has 0 spiro atoms. The summed E-state index contributed by atoms with van der Waals surface area (Å²) in [7, 11) is 0. The molecule has 0 fully saturated rings. The van der Waals surface area contributed by atoms with Crippen molar-refractivity contribution >= 4 is 5.91 Å². The van der Waals surface area contributed by atoms with Crippen molar-refractivity contribution in [3.05, 3.63) is 47.7 Å². The van der Waals surface area contributed by atoms with Gasteiger partial charge in [-0.1, -0.05) is 32.9 Å². The Morgan fingerprint density at radius 2 is 1.83 bits per heavy atom. The van der Waals surface area contributed by atoms with Gasteiger partial charge in [0.1, 0.15) is 12.0 Å². The van der Waals surface area contributed by atoms with Crippen LogP contribution in [0.15, 0.2) is 34.9 Å². The first-order chi connectivity index (χ1) is 13.8. The molecule has 2 rings (SSSR count). The number of nitrogens with one attached hydrogen (secondary N) is 1. The lowest BCUT2D eigenvalue weighted by atomic mass is 10.0. The van der Waals surface area contributed by atoms with Gasteiger partial charge in [0.2, 0.25) is 5.89 Å². The van der Waals surface area contributed by atoms with Crippen LogP contribution in [0.5, 0.6) is 5.75 Å². The zero-order valence-electron chi connectivity index (χ0n) is 18.6. The Morgan fingerprint density at radius 1 is 1.14 bits per heavy atom. The molecule has 6 nitrogen and oxygen atoms in total. The minimum atomic E-state index is -0.190. The van der Waals surface area contributed by atoms with Gasteiger partial charge in [-0.05, 0) is 50.8 Å². The molecule has 1 aromatic heterocycles. The molecule has 0 saturated carbocycles. The van der Waals surface area contributed by atoms with E-state index in [4.69, 9.17) is 9.15 Å². The molecule has 0 saturated heterocycles. The van der Waals surface area contributed by atoms with E-state index >= 15 is 0 Å². The topological polar surface area (TPSA) is 67.6 Å². The minimum absolute atomic E-state index is 0.111. The highest BCUT2D eigenvalue weighted by molar-refractivity contribution is 5.92. The predicted molar refractivity (Wildman–Crippen MR) is 115 cm³/mol. The number of benzene rings is 1. The van der Waals surface area contributed by atoms with Gasteiger partial charge in [0.05, 0.1) is 13.2 Å². The third-order valence-electron chi connectivity index (χ3n) is 5.27. The van der Waals surface area contributed by atoms with E-state index in [9.17, 15) is 4.79 Å². The van der Waals surface area contributed by atoms with Crippen LogP contribution in [0.4, 0.5) is 0 Å². The van der Waals surface area contributed by atoms with Gasteiger partial charge >= 0.3 is 0 Å². The van der Waals surface area contributed by atoms with Crippen LogP contribution in [0.3, 0.4) is 0 Å². The third-order valence-corrected chi connectivity index (χ3v) is 5.27. The lowest BCUT2D eigenvalue weighted by molar-refractivity contribution is 0.0934. The van der Waals surface area contributed by atoms with Gasteiger partial charge in [-0.3, -0.25) is 9.69 Å². The zero-order chi connectivity index (χ0) is 21.4. The summed E-state index contributed by atoms with van der Waals surface area (Å²) in [4.78, 5) is 19.0. The number of oxazole rings is 1. The first-order valence-electron chi connectivity index (χ1n) is 10.5. The van der Waals surface area contributed by atoms with Gasteiger partial charge in [-0.15, -0.1) is 0 Å². The highest BCUT2D eigenvalue weighted by Crippen LogP contribution is 2.20. The van der Waals surface area contributed by atoms with Crippen LogP contribution < -0.4 is 10.1 Å². The third kappa shape index (κ3) is 6.89. The van der Waals surface area contributed by atoms with E-state index < -0.39 is 0 Å². The van der Waals surface area contributed by atoms with Gasteiger partial charge in [0, 0.05) is 18.6 Å². The molecule has 0 aliphatic rings. The fraction of sp³-hybridized carbons (Fsp3) is 0.565. The summed E-state index contributed by atoms with van der Waals surface area (Å²) in [6.45, 7) is 14.6. The van der Waals surface area contributed by atoms with Gasteiger partial charge in [0.15, 0.2) is 5.69 Å². The van der Waals surface area contributed by atoms with E-state index in [0.717, 1.165) is 18.7 Å². The second-order valence-electron chi connectivity index (χ2n) is 7.88. The van der Waals surface area contributed by atoms with Gasteiger partial charge < -0.3 is 14.5 Å². The van der Waals surface area contributed by atoms with Crippen LogP contribution in [0, 0.1) is 5.92 Å². The number of carbonyl (C=O) groups excluding carboxylic acids is 1. The van der Waals surface area contributed by atoms with Crippen LogP contribution in [-0.2, 0) is 13.1 Å². The number of aromatic nitrogens is 1. The second-order valence-corrected chi connectivity index (χ2v) is 7.88. The molecule has 2 aromatic rings. The van der Waals surface area contributed by atoms with Crippen LogP contribution in [-0.4, -0.2) is 34.5 Å². The Bertz CT molecular complexity index is 755. The van der Waals surface area contributed by atoms with Crippen molar-refractivity contribution in [3.63, 3.8) is 0 Å². The molecule has 160 valence electrons. The highest BCUT2D eigenvalue weighted by atomic mass is 16.5. The van der Waals surface area contributed by atoms with E-state index in [2.05, 4.69) is 48.1 Å². The molecular formula is C23H35N3O3. The number of rotatable bonds is 11. The quantitative estimate of drug-likeness (QED) is 0.594. The lowest BCUT2D eigenvalue weighted by Crippen LogP contribution is -2.36. The Morgan fingerprint density at radius 3 is 2.41 bits per heavy atom. The first kappa shape index (κ1) is 22.9. The van der Waals surface area contributed by atoms with Crippen molar-refractivity contribution in [1.82, 2.24) is 15.2 Å². The Hall–Kier alpha value is -2.34. The second kappa shape index (κ2) is 11.0. The molecule has 1 heterocycles. The number of ether oxygens (including phenoxy) is 1. The molecule has 29 heavy (non-hydrogen) atoms. The molecule has 1 N–H and O–H groups in total. The van der Waals surface area contributed by atoms with Gasteiger partial charge in [0.25, 0.3) is 5.91 Å². The molecule has 2 atom stereocenters. The molecule has 0 aliphatic carbocycles. The monoisotopic (exact) mass is 401 g/mol. The average Bonchev–Trinajstić information content (AvgIpc) is 3.17. The van der Waals surface area contributed by atoms with E-state index in [0.29, 0.717) is 36.7 Å². The van der Waals surface area contributed by atoms with Crippen LogP contribution >= 0.6 is 0 Å². The van der Waals surface area contributed by atoms with E-state index in [1.54, 1.807) is 0 Å².